The Balaban J connectivity index is 2.36. The Hall–Kier alpha value is -2.34. The van der Waals surface area contributed by atoms with Gasteiger partial charge in [-0.3, -0.25) is 4.31 Å². The SMILES string of the molecule is CN(c1ccc(C(=O)O)cc1)S(=O)(=O)c1[c]cccc1. The molecule has 0 aliphatic carbocycles. The van der Waals surface area contributed by atoms with Crippen molar-refractivity contribution in [2.75, 3.05) is 11.4 Å². The number of rotatable bonds is 4. The summed E-state index contributed by atoms with van der Waals surface area (Å²) in [7, 11) is -2.29. The van der Waals surface area contributed by atoms with Gasteiger partial charge in [-0.25, -0.2) is 13.2 Å². The average Bonchev–Trinajstić information content (AvgIpc) is 2.47. The molecule has 0 aromatic heterocycles. The van der Waals surface area contributed by atoms with Crippen LogP contribution in [0.15, 0.2) is 53.4 Å². The predicted molar refractivity (Wildman–Crippen MR) is 74.3 cm³/mol. The van der Waals surface area contributed by atoms with E-state index in [4.69, 9.17) is 5.11 Å². The van der Waals surface area contributed by atoms with Crippen molar-refractivity contribution < 1.29 is 18.3 Å². The lowest BCUT2D eigenvalue weighted by molar-refractivity contribution is 0.0697. The molecule has 0 saturated heterocycles. The lowest BCUT2D eigenvalue weighted by atomic mass is 10.2. The normalized spacial score (nSPS) is 11.1. The molecule has 2 aromatic rings. The number of carboxylic acid groups (broad SMARTS) is 1. The van der Waals surface area contributed by atoms with Crippen molar-refractivity contribution in [1.82, 2.24) is 0 Å². The van der Waals surface area contributed by atoms with Crippen LogP contribution in [0.25, 0.3) is 0 Å². The molecule has 2 aromatic carbocycles. The van der Waals surface area contributed by atoms with Crippen LogP contribution in [0.5, 0.6) is 0 Å². The zero-order valence-electron chi connectivity index (χ0n) is 10.6. The number of carboxylic acids is 1. The second-order valence-electron chi connectivity index (χ2n) is 4.05. The molecular formula is C14H12NO4S. The standard InChI is InChI=1S/C14H12NO4S/c1-15(12-9-7-11(8-10-12)14(16)17)20(18,19)13-5-3-2-4-6-13/h2-5,7-10H,1H3,(H,16,17). The van der Waals surface area contributed by atoms with E-state index < -0.39 is 16.0 Å². The molecule has 0 unspecified atom stereocenters. The minimum absolute atomic E-state index is 0.0600. The lowest BCUT2D eigenvalue weighted by Gasteiger charge is -2.19. The van der Waals surface area contributed by atoms with Gasteiger partial charge < -0.3 is 5.11 Å². The summed E-state index contributed by atoms with van der Waals surface area (Å²) in [4.78, 5) is 10.8. The van der Waals surface area contributed by atoms with Gasteiger partial charge in [-0.05, 0) is 30.3 Å². The first-order valence-corrected chi connectivity index (χ1v) is 7.16. The summed E-state index contributed by atoms with van der Waals surface area (Å²) in [5, 5.41) is 8.82. The Kier molecular flexibility index (Phi) is 3.76. The highest BCUT2D eigenvalue weighted by molar-refractivity contribution is 7.92. The summed E-state index contributed by atoms with van der Waals surface area (Å²) in [6, 6.07) is 14.6. The number of hydrogen-bond donors (Lipinski definition) is 1. The van der Waals surface area contributed by atoms with Gasteiger partial charge in [-0.15, -0.1) is 0 Å². The highest BCUT2D eigenvalue weighted by Crippen LogP contribution is 2.21. The second kappa shape index (κ2) is 5.34. The van der Waals surface area contributed by atoms with E-state index in [1.807, 2.05) is 0 Å². The first kappa shape index (κ1) is 14.1. The van der Waals surface area contributed by atoms with E-state index >= 15 is 0 Å². The van der Waals surface area contributed by atoms with Gasteiger partial charge >= 0.3 is 5.97 Å². The molecule has 5 nitrogen and oxygen atoms in total. The summed E-state index contributed by atoms with van der Waals surface area (Å²) >= 11 is 0. The number of anilines is 1. The topological polar surface area (TPSA) is 74.7 Å². The van der Waals surface area contributed by atoms with Crippen molar-refractivity contribution in [2.45, 2.75) is 4.90 Å². The largest absolute Gasteiger partial charge is 0.478 e. The van der Waals surface area contributed by atoms with Crippen LogP contribution in [0.3, 0.4) is 0 Å². The fourth-order valence-corrected chi connectivity index (χ4v) is 2.80. The first-order chi connectivity index (χ1) is 9.43. The first-order valence-electron chi connectivity index (χ1n) is 5.72. The van der Waals surface area contributed by atoms with Crippen molar-refractivity contribution in [3.05, 3.63) is 60.2 Å². The molecule has 1 N–H and O–H groups in total. The third kappa shape index (κ3) is 2.65. The zero-order valence-corrected chi connectivity index (χ0v) is 11.5. The molecule has 0 heterocycles. The molecule has 0 aliphatic heterocycles. The third-order valence-corrected chi connectivity index (χ3v) is 4.54. The fraction of sp³-hybridized carbons (Fsp3) is 0.0714. The third-order valence-electron chi connectivity index (χ3n) is 2.80. The number of carbonyl (C=O) groups is 1. The van der Waals surface area contributed by atoms with Crippen molar-refractivity contribution in [3.8, 4) is 0 Å². The van der Waals surface area contributed by atoms with E-state index in [2.05, 4.69) is 6.07 Å². The predicted octanol–water partition coefficient (Wildman–Crippen LogP) is 2.01. The zero-order chi connectivity index (χ0) is 14.8. The van der Waals surface area contributed by atoms with Gasteiger partial charge in [0.15, 0.2) is 0 Å². The van der Waals surface area contributed by atoms with E-state index in [0.717, 1.165) is 4.31 Å². The van der Waals surface area contributed by atoms with E-state index in [0.29, 0.717) is 5.69 Å². The maximum atomic E-state index is 12.3. The maximum absolute atomic E-state index is 12.3. The second-order valence-corrected chi connectivity index (χ2v) is 5.99. The average molecular weight is 290 g/mol. The molecule has 0 saturated carbocycles. The van der Waals surface area contributed by atoms with Gasteiger partial charge in [0, 0.05) is 13.1 Å². The molecule has 0 spiro atoms. The Morgan fingerprint density at radius 2 is 1.80 bits per heavy atom. The van der Waals surface area contributed by atoms with Crippen LogP contribution in [0.1, 0.15) is 10.4 Å². The van der Waals surface area contributed by atoms with E-state index in [9.17, 15) is 13.2 Å². The van der Waals surface area contributed by atoms with Gasteiger partial charge in [0.2, 0.25) is 0 Å². The molecule has 0 amide bonds. The van der Waals surface area contributed by atoms with E-state index in [1.54, 1.807) is 12.1 Å². The molecule has 20 heavy (non-hydrogen) atoms. The molecule has 0 fully saturated rings. The Labute approximate surface area is 117 Å². The smallest absolute Gasteiger partial charge is 0.335 e. The lowest BCUT2D eigenvalue weighted by Crippen LogP contribution is -2.26. The number of sulfonamides is 1. The van der Waals surface area contributed by atoms with Crippen LogP contribution in [0, 0.1) is 6.07 Å². The number of aromatic carboxylic acids is 1. The van der Waals surface area contributed by atoms with Gasteiger partial charge in [0.1, 0.15) is 0 Å². The monoisotopic (exact) mass is 290 g/mol. The van der Waals surface area contributed by atoms with Crippen LogP contribution < -0.4 is 4.31 Å². The fourth-order valence-electron chi connectivity index (χ4n) is 1.64. The van der Waals surface area contributed by atoms with Crippen molar-refractivity contribution in [2.24, 2.45) is 0 Å². The van der Waals surface area contributed by atoms with Gasteiger partial charge in [0.05, 0.1) is 16.1 Å². The Bertz CT molecular complexity index is 709. The molecule has 6 heteroatoms. The van der Waals surface area contributed by atoms with Crippen molar-refractivity contribution in [1.29, 1.82) is 0 Å². The summed E-state index contributed by atoms with van der Waals surface area (Å²) in [6.45, 7) is 0. The van der Waals surface area contributed by atoms with Gasteiger partial charge in [-0.2, -0.15) is 0 Å². The summed E-state index contributed by atoms with van der Waals surface area (Å²) < 4.78 is 25.7. The minimum Gasteiger partial charge on any atom is -0.478 e. The molecular weight excluding hydrogens is 278 g/mol. The molecule has 103 valence electrons. The van der Waals surface area contributed by atoms with Gasteiger partial charge in [-0.1, -0.05) is 18.2 Å². The van der Waals surface area contributed by atoms with Gasteiger partial charge in [0.25, 0.3) is 10.0 Å². The van der Waals surface area contributed by atoms with Crippen LogP contribution in [0.4, 0.5) is 5.69 Å². The van der Waals surface area contributed by atoms with Crippen LogP contribution >= 0.6 is 0 Å². The van der Waals surface area contributed by atoms with Crippen molar-refractivity contribution in [3.63, 3.8) is 0 Å². The molecule has 0 aliphatic rings. The Morgan fingerprint density at radius 1 is 1.15 bits per heavy atom. The van der Waals surface area contributed by atoms with E-state index in [-0.39, 0.29) is 10.5 Å². The minimum atomic E-state index is -3.69. The van der Waals surface area contributed by atoms with E-state index in [1.165, 1.54) is 43.4 Å². The summed E-state index contributed by atoms with van der Waals surface area (Å²) in [6.07, 6.45) is 0. The number of benzene rings is 2. The quantitative estimate of drug-likeness (QED) is 0.934. The van der Waals surface area contributed by atoms with Crippen LogP contribution in [-0.2, 0) is 10.0 Å². The van der Waals surface area contributed by atoms with Crippen molar-refractivity contribution >= 4 is 21.7 Å². The summed E-state index contributed by atoms with van der Waals surface area (Å²) in [5.41, 5.74) is 0.484. The summed E-state index contributed by atoms with van der Waals surface area (Å²) in [5.74, 6) is -1.06. The molecule has 1 radical (unpaired) electrons. The van der Waals surface area contributed by atoms with Crippen LogP contribution in [-0.4, -0.2) is 26.5 Å². The highest BCUT2D eigenvalue weighted by Gasteiger charge is 2.21. The maximum Gasteiger partial charge on any atom is 0.335 e. The number of nitrogens with zero attached hydrogens (tertiary/aromatic N) is 1. The molecule has 0 atom stereocenters. The van der Waals surface area contributed by atoms with Crippen LogP contribution in [0.2, 0.25) is 0 Å². The molecule has 0 bridgehead atoms. The number of hydrogen-bond acceptors (Lipinski definition) is 3. The molecule has 2 rings (SSSR count). The highest BCUT2D eigenvalue weighted by atomic mass is 32.2. The Morgan fingerprint density at radius 3 is 2.30 bits per heavy atom.